The number of anilines is 2. The summed E-state index contributed by atoms with van der Waals surface area (Å²) in [6.07, 6.45) is 0. The Labute approximate surface area is 170 Å². The van der Waals surface area contributed by atoms with Crippen LogP contribution in [0.3, 0.4) is 0 Å². The van der Waals surface area contributed by atoms with E-state index in [4.69, 9.17) is 4.74 Å². The topological polar surface area (TPSA) is 67.3 Å². The molecule has 28 heavy (non-hydrogen) atoms. The van der Waals surface area contributed by atoms with Crippen LogP contribution in [0.25, 0.3) is 0 Å². The average molecular weight is 419 g/mol. The fourth-order valence-electron chi connectivity index (χ4n) is 2.37. The zero-order valence-electron chi connectivity index (χ0n) is 15.4. The number of halogens is 1. The zero-order chi connectivity index (χ0) is 19.9. The van der Waals surface area contributed by atoms with Crippen LogP contribution in [-0.4, -0.2) is 40.9 Å². The molecule has 146 valence electrons. The fourth-order valence-corrected chi connectivity index (χ4v) is 4.09. The number of rotatable bonds is 8. The van der Waals surface area contributed by atoms with Crippen LogP contribution in [-0.2, 0) is 11.3 Å². The van der Waals surface area contributed by atoms with E-state index in [1.54, 1.807) is 31.2 Å². The van der Waals surface area contributed by atoms with Crippen LogP contribution in [0.1, 0.15) is 5.56 Å². The lowest BCUT2D eigenvalue weighted by Crippen LogP contribution is -2.27. The molecule has 1 aromatic heterocycles. The summed E-state index contributed by atoms with van der Waals surface area (Å²) in [5.41, 5.74) is 1.60. The SMILES string of the molecule is COc1cccc(CN(C)C(=O)CSc2nnc(Nc3cccc(F)c3)s2)c1. The molecular formula is C19H19FN4O2S2. The molecule has 1 amide bonds. The van der Waals surface area contributed by atoms with Gasteiger partial charge in [0, 0.05) is 19.3 Å². The molecule has 1 heterocycles. The maximum absolute atomic E-state index is 13.2. The van der Waals surface area contributed by atoms with E-state index in [1.165, 1.54) is 35.2 Å². The molecule has 3 aromatic rings. The Morgan fingerprint density at radius 3 is 2.86 bits per heavy atom. The lowest BCUT2D eigenvalue weighted by molar-refractivity contribution is -0.127. The number of amides is 1. The molecule has 9 heteroatoms. The number of ether oxygens (including phenoxy) is 1. The number of aromatic nitrogens is 2. The highest BCUT2D eigenvalue weighted by molar-refractivity contribution is 8.01. The van der Waals surface area contributed by atoms with Gasteiger partial charge in [-0.15, -0.1) is 10.2 Å². The number of thioether (sulfide) groups is 1. The van der Waals surface area contributed by atoms with Gasteiger partial charge >= 0.3 is 0 Å². The summed E-state index contributed by atoms with van der Waals surface area (Å²) in [4.78, 5) is 14.0. The van der Waals surface area contributed by atoms with Gasteiger partial charge in [0.1, 0.15) is 11.6 Å². The second-order valence-electron chi connectivity index (χ2n) is 5.90. The van der Waals surface area contributed by atoms with Crippen molar-refractivity contribution < 1.29 is 13.9 Å². The Kier molecular flexibility index (Phi) is 6.83. The third-order valence-electron chi connectivity index (χ3n) is 3.78. The minimum absolute atomic E-state index is 0.0114. The maximum atomic E-state index is 13.2. The molecule has 0 unspecified atom stereocenters. The van der Waals surface area contributed by atoms with E-state index < -0.39 is 0 Å². The molecule has 0 aliphatic carbocycles. The first kappa shape index (κ1) is 20.1. The summed E-state index contributed by atoms with van der Waals surface area (Å²) >= 11 is 2.64. The van der Waals surface area contributed by atoms with Gasteiger partial charge in [-0.05, 0) is 35.9 Å². The van der Waals surface area contributed by atoms with Gasteiger partial charge in [-0.2, -0.15) is 0 Å². The second kappa shape index (κ2) is 9.52. The number of benzene rings is 2. The Morgan fingerprint density at radius 2 is 2.07 bits per heavy atom. The van der Waals surface area contributed by atoms with Gasteiger partial charge < -0.3 is 15.0 Å². The van der Waals surface area contributed by atoms with Crippen molar-refractivity contribution in [2.75, 3.05) is 25.2 Å². The second-order valence-corrected chi connectivity index (χ2v) is 8.10. The van der Waals surface area contributed by atoms with Gasteiger partial charge in [0.05, 0.1) is 12.9 Å². The normalized spacial score (nSPS) is 10.5. The molecule has 0 radical (unpaired) electrons. The minimum atomic E-state index is -0.325. The average Bonchev–Trinajstić information content (AvgIpc) is 3.13. The number of methoxy groups -OCH3 is 1. The van der Waals surface area contributed by atoms with Crippen LogP contribution < -0.4 is 10.1 Å². The summed E-state index contributed by atoms with van der Waals surface area (Å²) in [7, 11) is 3.38. The predicted molar refractivity (Wildman–Crippen MR) is 110 cm³/mol. The van der Waals surface area contributed by atoms with Crippen molar-refractivity contribution in [2.45, 2.75) is 10.9 Å². The largest absolute Gasteiger partial charge is 0.497 e. The van der Waals surface area contributed by atoms with Crippen molar-refractivity contribution in [3.8, 4) is 5.75 Å². The number of nitrogens with one attached hydrogen (secondary N) is 1. The molecule has 0 aliphatic heterocycles. The molecule has 1 N–H and O–H groups in total. The Balaban J connectivity index is 1.50. The molecule has 0 bridgehead atoms. The van der Waals surface area contributed by atoms with Crippen LogP contribution in [0.4, 0.5) is 15.2 Å². The van der Waals surface area contributed by atoms with Crippen molar-refractivity contribution in [3.63, 3.8) is 0 Å². The van der Waals surface area contributed by atoms with Gasteiger partial charge in [0.15, 0.2) is 4.34 Å². The molecule has 0 aliphatic rings. The molecule has 0 fully saturated rings. The van der Waals surface area contributed by atoms with Gasteiger partial charge in [0.25, 0.3) is 0 Å². The zero-order valence-corrected chi connectivity index (χ0v) is 17.0. The molecule has 2 aromatic carbocycles. The quantitative estimate of drug-likeness (QED) is 0.554. The van der Waals surface area contributed by atoms with Crippen molar-refractivity contribution in [1.82, 2.24) is 15.1 Å². The lowest BCUT2D eigenvalue weighted by atomic mass is 10.2. The first-order valence-corrected chi connectivity index (χ1v) is 10.2. The predicted octanol–water partition coefficient (Wildman–Crippen LogP) is 4.18. The molecule has 0 saturated carbocycles. The molecule has 0 atom stereocenters. The van der Waals surface area contributed by atoms with E-state index in [-0.39, 0.29) is 17.5 Å². The lowest BCUT2D eigenvalue weighted by Gasteiger charge is -2.17. The van der Waals surface area contributed by atoms with E-state index in [9.17, 15) is 9.18 Å². The highest BCUT2D eigenvalue weighted by Crippen LogP contribution is 2.28. The van der Waals surface area contributed by atoms with Gasteiger partial charge in [-0.3, -0.25) is 4.79 Å². The van der Waals surface area contributed by atoms with Gasteiger partial charge in [-0.25, -0.2) is 4.39 Å². The van der Waals surface area contributed by atoms with Gasteiger partial charge in [-0.1, -0.05) is 41.3 Å². The standard InChI is InChI=1S/C19H19FN4O2S2/c1-24(11-13-5-3-8-16(9-13)26-2)17(25)12-27-19-23-22-18(28-19)21-15-7-4-6-14(20)10-15/h3-10H,11-12H2,1-2H3,(H,21,22). The third-order valence-corrected chi connectivity index (χ3v) is 5.74. The van der Waals surface area contributed by atoms with Crippen molar-refractivity contribution >= 4 is 39.8 Å². The van der Waals surface area contributed by atoms with E-state index >= 15 is 0 Å². The smallest absolute Gasteiger partial charge is 0.233 e. The van der Waals surface area contributed by atoms with Crippen molar-refractivity contribution in [2.24, 2.45) is 0 Å². The Morgan fingerprint density at radius 1 is 1.25 bits per heavy atom. The van der Waals surface area contributed by atoms with Crippen LogP contribution >= 0.6 is 23.1 Å². The monoisotopic (exact) mass is 418 g/mol. The van der Waals surface area contributed by atoms with Crippen LogP contribution in [0.5, 0.6) is 5.75 Å². The Hall–Kier alpha value is -2.65. The van der Waals surface area contributed by atoms with Crippen molar-refractivity contribution in [1.29, 1.82) is 0 Å². The van der Waals surface area contributed by atoms with Crippen LogP contribution in [0.15, 0.2) is 52.9 Å². The van der Waals surface area contributed by atoms with Crippen molar-refractivity contribution in [3.05, 3.63) is 59.9 Å². The Bertz CT molecular complexity index is 951. The number of nitrogens with zero attached hydrogens (tertiary/aromatic N) is 3. The summed E-state index contributed by atoms with van der Waals surface area (Å²) in [5.74, 6) is 0.686. The van der Waals surface area contributed by atoms with Gasteiger partial charge in [0.2, 0.25) is 11.0 Å². The summed E-state index contributed by atoms with van der Waals surface area (Å²) in [6.45, 7) is 0.499. The third kappa shape index (κ3) is 5.67. The van der Waals surface area contributed by atoms with E-state index in [1.807, 2.05) is 24.3 Å². The number of carbonyl (C=O) groups is 1. The van der Waals surface area contributed by atoms with Crippen LogP contribution in [0, 0.1) is 5.82 Å². The first-order chi connectivity index (χ1) is 13.5. The highest BCUT2D eigenvalue weighted by atomic mass is 32.2. The maximum Gasteiger partial charge on any atom is 0.233 e. The number of carbonyl (C=O) groups excluding carboxylic acids is 1. The number of hydrogen-bond donors (Lipinski definition) is 1. The van der Waals surface area contributed by atoms with Crippen LogP contribution in [0.2, 0.25) is 0 Å². The molecule has 0 spiro atoms. The fraction of sp³-hybridized carbons (Fsp3) is 0.211. The first-order valence-electron chi connectivity index (χ1n) is 8.39. The van der Waals surface area contributed by atoms with E-state index in [0.29, 0.717) is 21.7 Å². The molecule has 6 nitrogen and oxygen atoms in total. The summed E-state index contributed by atoms with van der Waals surface area (Å²) < 4.78 is 19.1. The van der Waals surface area contributed by atoms with E-state index in [2.05, 4.69) is 15.5 Å². The summed E-state index contributed by atoms with van der Waals surface area (Å²) in [5, 5.41) is 11.6. The van der Waals surface area contributed by atoms with E-state index in [0.717, 1.165) is 11.3 Å². The molecule has 0 saturated heterocycles. The highest BCUT2D eigenvalue weighted by Gasteiger charge is 2.13. The molecule has 3 rings (SSSR count). The molecular weight excluding hydrogens is 399 g/mol. The summed E-state index contributed by atoms with van der Waals surface area (Å²) in [6, 6.07) is 13.7. The minimum Gasteiger partial charge on any atom is -0.497 e. The number of hydrogen-bond acceptors (Lipinski definition) is 7.